The zero-order valence-electron chi connectivity index (χ0n) is 19.1. The Kier molecular flexibility index (Phi) is 9.24. The largest absolute Gasteiger partial charge is 0.494 e. The Morgan fingerprint density at radius 2 is 1.47 bits per heavy atom. The van der Waals surface area contributed by atoms with Crippen molar-refractivity contribution in [3.8, 4) is 16.9 Å². The molecule has 1 aliphatic rings. The van der Waals surface area contributed by atoms with Crippen molar-refractivity contribution < 1.29 is 9.13 Å². The zero-order valence-corrected chi connectivity index (χ0v) is 19.1. The van der Waals surface area contributed by atoms with E-state index in [1.165, 1.54) is 62.5 Å². The van der Waals surface area contributed by atoms with Gasteiger partial charge in [-0.25, -0.2) is 4.39 Å². The van der Waals surface area contributed by atoms with E-state index in [0.717, 1.165) is 61.2 Å². The number of hydrogen-bond acceptors (Lipinski definition) is 1. The molecule has 0 atom stereocenters. The average Bonchev–Trinajstić information content (AvgIpc) is 2.77. The molecule has 0 fully saturated rings. The molecule has 0 saturated heterocycles. The van der Waals surface area contributed by atoms with E-state index >= 15 is 4.39 Å². The van der Waals surface area contributed by atoms with Gasteiger partial charge in [0.15, 0.2) is 0 Å². The van der Waals surface area contributed by atoms with E-state index < -0.39 is 0 Å². The minimum atomic E-state index is 0.0399. The third kappa shape index (κ3) is 6.09. The van der Waals surface area contributed by atoms with E-state index in [0.29, 0.717) is 0 Å². The maximum Gasteiger partial charge on any atom is 0.130 e. The molecule has 0 heterocycles. The zero-order chi connectivity index (χ0) is 21.2. The van der Waals surface area contributed by atoms with Crippen molar-refractivity contribution in [3.05, 3.63) is 52.8 Å². The molecule has 0 bridgehead atoms. The Labute approximate surface area is 183 Å². The Hall–Kier alpha value is -1.83. The first kappa shape index (κ1) is 22.8. The highest BCUT2D eigenvalue weighted by molar-refractivity contribution is 5.74. The lowest BCUT2D eigenvalue weighted by molar-refractivity contribution is 0.304. The summed E-state index contributed by atoms with van der Waals surface area (Å²) in [6.45, 7) is 5.25. The van der Waals surface area contributed by atoms with Crippen LogP contribution in [0.3, 0.4) is 0 Å². The summed E-state index contributed by atoms with van der Waals surface area (Å²) in [6.07, 6.45) is 14.9. The van der Waals surface area contributed by atoms with Gasteiger partial charge in [0, 0.05) is 0 Å². The number of aryl methyl sites for hydroxylation is 2. The van der Waals surface area contributed by atoms with Gasteiger partial charge in [0.25, 0.3) is 0 Å². The Balaban J connectivity index is 1.59. The summed E-state index contributed by atoms with van der Waals surface area (Å²) in [4.78, 5) is 0. The van der Waals surface area contributed by atoms with Crippen molar-refractivity contribution in [2.75, 3.05) is 6.61 Å². The molecular weight excluding hydrogens is 371 g/mol. The summed E-state index contributed by atoms with van der Waals surface area (Å²) in [6, 6.07) is 10.5. The normalized spacial score (nSPS) is 12.5. The molecule has 2 aromatic carbocycles. The molecule has 0 spiro atoms. The molecule has 30 heavy (non-hydrogen) atoms. The van der Waals surface area contributed by atoms with Crippen LogP contribution < -0.4 is 4.74 Å². The van der Waals surface area contributed by atoms with Crippen molar-refractivity contribution in [2.24, 2.45) is 0 Å². The second-order valence-electron chi connectivity index (χ2n) is 8.81. The molecule has 0 radical (unpaired) electrons. The summed E-state index contributed by atoms with van der Waals surface area (Å²) in [7, 11) is 0. The first-order chi connectivity index (χ1) is 14.7. The van der Waals surface area contributed by atoms with Crippen LogP contribution in [0.15, 0.2) is 30.3 Å². The van der Waals surface area contributed by atoms with Crippen LogP contribution in [-0.2, 0) is 19.3 Å². The standard InChI is InChI=1S/C28H39FO/c1-3-5-7-9-10-12-20-30-24-16-19-25-23(21-24)15-18-27-26(25)17-14-22(28(27)29)13-11-8-6-4-2/h14,16-17,19,21H,3-13,15,18,20H2,1-2H3. The highest BCUT2D eigenvalue weighted by Gasteiger charge is 2.21. The van der Waals surface area contributed by atoms with Gasteiger partial charge in [0.05, 0.1) is 6.61 Å². The van der Waals surface area contributed by atoms with Crippen LogP contribution in [0, 0.1) is 5.82 Å². The van der Waals surface area contributed by atoms with Crippen molar-refractivity contribution in [1.82, 2.24) is 0 Å². The van der Waals surface area contributed by atoms with Crippen molar-refractivity contribution >= 4 is 0 Å². The van der Waals surface area contributed by atoms with E-state index in [1.807, 2.05) is 6.07 Å². The van der Waals surface area contributed by atoms with Crippen LogP contribution in [0.2, 0.25) is 0 Å². The first-order valence-corrected chi connectivity index (χ1v) is 12.3. The van der Waals surface area contributed by atoms with E-state index in [9.17, 15) is 0 Å². The van der Waals surface area contributed by atoms with E-state index in [-0.39, 0.29) is 5.82 Å². The van der Waals surface area contributed by atoms with Gasteiger partial charge in [-0.15, -0.1) is 0 Å². The van der Waals surface area contributed by atoms with Gasteiger partial charge in [-0.1, -0.05) is 83.4 Å². The van der Waals surface area contributed by atoms with Crippen LogP contribution in [0.25, 0.3) is 11.1 Å². The summed E-state index contributed by atoms with van der Waals surface area (Å²) in [5.41, 5.74) is 5.36. The number of benzene rings is 2. The maximum atomic E-state index is 15.1. The number of hydrogen-bond donors (Lipinski definition) is 0. The van der Waals surface area contributed by atoms with Gasteiger partial charge >= 0.3 is 0 Å². The lowest BCUT2D eigenvalue weighted by Crippen LogP contribution is -2.09. The van der Waals surface area contributed by atoms with E-state index in [1.54, 1.807) is 0 Å². The fourth-order valence-electron chi connectivity index (χ4n) is 4.56. The molecule has 1 aliphatic carbocycles. The third-order valence-corrected chi connectivity index (χ3v) is 6.40. The fourth-order valence-corrected chi connectivity index (χ4v) is 4.56. The minimum absolute atomic E-state index is 0.0399. The van der Waals surface area contributed by atoms with Gasteiger partial charge in [-0.2, -0.15) is 0 Å². The van der Waals surface area contributed by atoms with Gasteiger partial charge in [-0.3, -0.25) is 0 Å². The quantitative estimate of drug-likeness (QED) is 0.301. The van der Waals surface area contributed by atoms with Gasteiger partial charge in [-0.05, 0) is 72.1 Å². The summed E-state index contributed by atoms with van der Waals surface area (Å²) < 4.78 is 21.1. The van der Waals surface area contributed by atoms with Crippen LogP contribution in [0.5, 0.6) is 5.75 Å². The van der Waals surface area contributed by atoms with Crippen molar-refractivity contribution in [1.29, 1.82) is 0 Å². The molecule has 2 heteroatoms. The second kappa shape index (κ2) is 12.1. The van der Waals surface area contributed by atoms with Crippen molar-refractivity contribution in [3.63, 3.8) is 0 Å². The molecule has 0 aromatic heterocycles. The predicted octanol–water partition coefficient (Wildman–Crippen LogP) is 8.45. The Morgan fingerprint density at radius 1 is 0.767 bits per heavy atom. The number of halogens is 1. The molecule has 0 unspecified atom stereocenters. The van der Waals surface area contributed by atoms with E-state index in [2.05, 4.69) is 38.1 Å². The molecule has 0 saturated carbocycles. The summed E-state index contributed by atoms with van der Waals surface area (Å²) in [5, 5.41) is 0. The molecule has 2 aromatic rings. The Morgan fingerprint density at radius 3 is 2.27 bits per heavy atom. The minimum Gasteiger partial charge on any atom is -0.494 e. The molecule has 164 valence electrons. The highest BCUT2D eigenvalue weighted by Crippen LogP contribution is 2.37. The lowest BCUT2D eigenvalue weighted by atomic mass is 9.84. The van der Waals surface area contributed by atoms with Gasteiger partial charge < -0.3 is 4.74 Å². The highest BCUT2D eigenvalue weighted by atomic mass is 19.1. The number of unbranched alkanes of at least 4 members (excludes halogenated alkanes) is 8. The van der Waals surface area contributed by atoms with E-state index in [4.69, 9.17) is 4.74 Å². The van der Waals surface area contributed by atoms with Crippen LogP contribution in [-0.4, -0.2) is 6.61 Å². The second-order valence-corrected chi connectivity index (χ2v) is 8.81. The first-order valence-electron chi connectivity index (χ1n) is 12.3. The van der Waals surface area contributed by atoms with Crippen LogP contribution in [0.1, 0.15) is 94.7 Å². The number of rotatable bonds is 13. The smallest absolute Gasteiger partial charge is 0.130 e. The molecule has 1 nitrogen and oxygen atoms in total. The van der Waals surface area contributed by atoms with Crippen LogP contribution >= 0.6 is 0 Å². The lowest BCUT2D eigenvalue weighted by Gasteiger charge is -2.22. The Bertz CT molecular complexity index is 795. The maximum absolute atomic E-state index is 15.1. The third-order valence-electron chi connectivity index (χ3n) is 6.40. The topological polar surface area (TPSA) is 9.23 Å². The molecule has 0 aliphatic heterocycles. The molecular formula is C28H39FO. The number of fused-ring (bicyclic) bond motifs is 3. The predicted molar refractivity (Wildman–Crippen MR) is 126 cm³/mol. The average molecular weight is 411 g/mol. The monoisotopic (exact) mass is 410 g/mol. The van der Waals surface area contributed by atoms with Crippen LogP contribution in [0.4, 0.5) is 4.39 Å². The van der Waals surface area contributed by atoms with Crippen molar-refractivity contribution in [2.45, 2.75) is 97.3 Å². The summed E-state index contributed by atoms with van der Waals surface area (Å²) in [5.74, 6) is 0.997. The molecule has 3 rings (SSSR count). The summed E-state index contributed by atoms with van der Waals surface area (Å²) >= 11 is 0. The molecule has 0 amide bonds. The fraction of sp³-hybridized carbons (Fsp3) is 0.571. The SMILES string of the molecule is CCCCCCCCOc1ccc2c(c1)CCc1c-2ccc(CCCCCC)c1F. The van der Waals surface area contributed by atoms with Gasteiger partial charge in [0.2, 0.25) is 0 Å². The number of ether oxygens (including phenoxy) is 1. The van der Waals surface area contributed by atoms with Gasteiger partial charge in [0.1, 0.15) is 11.6 Å². The molecule has 0 N–H and O–H groups in total.